The highest BCUT2D eigenvalue weighted by atomic mass is 35.5. The molecule has 2 N–H and O–H groups in total. The average Bonchev–Trinajstić information content (AvgIpc) is 4.19. The third kappa shape index (κ3) is 9.79. The Bertz CT molecular complexity index is 3150. The molecule has 7 aromatic rings. The van der Waals surface area contributed by atoms with Crippen molar-refractivity contribution in [2.24, 2.45) is 16.8 Å². The summed E-state index contributed by atoms with van der Waals surface area (Å²) in [6.45, 7) is 15.1. The summed E-state index contributed by atoms with van der Waals surface area (Å²) in [6, 6.07) is 17.7. The van der Waals surface area contributed by atoms with E-state index in [4.69, 9.17) is 26.4 Å². The second kappa shape index (κ2) is 19.9. The van der Waals surface area contributed by atoms with Gasteiger partial charge in [-0.1, -0.05) is 68.8 Å². The van der Waals surface area contributed by atoms with Crippen LogP contribution in [0.25, 0.3) is 26.6 Å². The van der Waals surface area contributed by atoms with E-state index in [9.17, 15) is 14.4 Å². The molecule has 0 radical (unpaired) electrons. The monoisotopic (exact) mass is 1010 g/mol. The Morgan fingerprint density at radius 2 is 1.68 bits per heavy atom. The minimum Gasteiger partial charge on any atom is -0.474 e. The maximum Gasteiger partial charge on any atom is 0.248 e. The molecule has 10 rings (SSSR count). The first-order valence-electron chi connectivity index (χ1n) is 24.1. The van der Waals surface area contributed by atoms with Gasteiger partial charge in [0.05, 0.1) is 34.4 Å². The first kappa shape index (κ1) is 48.1. The van der Waals surface area contributed by atoms with Gasteiger partial charge < -0.3 is 20.3 Å². The summed E-state index contributed by atoms with van der Waals surface area (Å²) in [4.78, 5) is 60.1. The molecule has 366 valence electrons. The Hall–Kier alpha value is -6.56. The highest BCUT2D eigenvalue weighted by molar-refractivity contribution is 7.15. The van der Waals surface area contributed by atoms with Crippen molar-refractivity contribution in [2.75, 3.05) is 6.54 Å². The third-order valence-electron chi connectivity index (χ3n) is 13.8. The maximum absolute atomic E-state index is 14.5. The van der Waals surface area contributed by atoms with Crippen molar-refractivity contribution in [1.82, 2.24) is 50.0 Å². The number of aryl methyl sites for hydroxylation is 3. The zero-order valence-electron chi connectivity index (χ0n) is 40.7. The Balaban J connectivity index is 0.757. The van der Waals surface area contributed by atoms with Gasteiger partial charge in [-0.3, -0.25) is 28.6 Å². The van der Waals surface area contributed by atoms with Gasteiger partial charge in [0.15, 0.2) is 5.82 Å². The van der Waals surface area contributed by atoms with Crippen LogP contribution >= 0.6 is 34.3 Å². The van der Waals surface area contributed by atoms with E-state index in [0.29, 0.717) is 49.1 Å². The van der Waals surface area contributed by atoms with Crippen LogP contribution in [0.15, 0.2) is 89.8 Å². The van der Waals surface area contributed by atoms with Crippen molar-refractivity contribution in [1.29, 1.82) is 0 Å². The average molecular weight is 1010 g/mol. The van der Waals surface area contributed by atoms with Gasteiger partial charge in [-0.2, -0.15) is 5.10 Å². The number of hydrogen-bond acceptors (Lipinski definition) is 12. The number of fused-ring (bicyclic) bond motifs is 3. The summed E-state index contributed by atoms with van der Waals surface area (Å²) in [5, 5.41) is 21.6. The van der Waals surface area contributed by atoms with E-state index in [0.717, 1.165) is 66.1 Å². The number of benzene rings is 2. The first-order chi connectivity index (χ1) is 34.2. The van der Waals surface area contributed by atoms with Crippen molar-refractivity contribution >= 4 is 57.7 Å². The SMILES string of the molecule is Cc1ncsc1-c1ccc(CNC(=O)[C@@H]2C[C@@H](C)CN2C(=O)[C@H](C(C)C)n2cc(-c3ccnc(OC4CC(NC(=O)C[C@@H]5N=C(c6ccc(Cl)cc6)c6c(sc(C)c6C)-n6c(C)nnc65)C4)c3)cn2)cc1. The Morgan fingerprint density at radius 3 is 2.41 bits per heavy atom. The molecule has 3 aliphatic rings. The fourth-order valence-electron chi connectivity index (χ4n) is 9.91. The summed E-state index contributed by atoms with van der Waals surface area (Å²) >= 11 is 9.57. The number of nitrogens with one attached hydrogen (secondary N) is 2. The predicted octanol–water partition coefficient (Wildman–Crippen LogP) is 9.36. The molecule has 3 amide bonds. The van der Waals surface area contributed by atoms with E-state index in [1.165, 1.54) is 4.88 Å². The van der Waals surface area contributed by atoms with Crippen LogP contribution in [0.3, 0.4) is 0 Å². The number of aliphatic imine (C=N–C) groups is 1. The van der Waals surface area contributed by atoms with E-state index >= 15 is 0 Å². The third-order valence-corrected chi connectivity index (χ3v) is 16.3. The molecule has 5 aromatic heterocycles. The number of rotatable bonds is 14. The molecule has 4 atom stereocenters. The lowest BCUT2D eigenvalue weighted by atomic mass is 9.89. The Morgan fingerprint density at radius 1 is 0.915 bits per heavy atom. The number of ether oxygens (including phenoxy) is 1. The summed E-state index contributed by atoms with van der Waals surface area (Å²) in [6.07, 6.45) is 7.12. The molecule has 2 fully saturated rings. The Kier molecular flexibility index (Phi) is 13.5. The number of halogens is 1. The fraction of sp³-hybridized carbons (Fsp3) is 0.377. The van der Waals surface area contributed by atoms with Crippen LogP contribution in [0.1, 0.15) is 103 Å². The minimum atomic E-state index is -0.615. The lowest BCUT2D eigenvalue weighted by molar-refractivity contribution is -0.142. The van der Waals surface area contributed by atoms with Crippen LogP contribution in [-0.2, 0) is 20.9 Å². The number of likely N-dealkylation sites (tertiary alicyclic amines) is 1. The molecule has 2 aromatic carbocycles. The molecule has 1 saturated heterocycles. The molecule has 0 unspecified atom stereocenters. The van der Waals surface area contributed by atoms with Gasteiger partial charge in [0, 0.05) is 77.0 Å². The van der Waals surface area contributed by atoms with Crippen LogP contribution in [0.2, 0.25) is 5.02 Å². The zero-order valence-corrected chi connectivity index (χ0v) is 43.1. The van der Waals surface area contributed by atoms with Crippen LogP contribution in [0.5, 0.6) is 5.88 Å². The van der Waals surface area contributed by atoms with Gasteiger partial charge in [-0.15, -0.1) is 32.9 Å². The number of thiophene rings is 1. The standard InChI is InChI=1S/C53H56ClN11O4S2/c1-28(2)48(52(68)63-25-29(3)18-43(63)51(67)56-23-34-8-10-36(11-9-34)49-31(5)57-27-70-49)64-26-38(24-58-64)37-16-17-55-45(19-37)69-41-20-40(21-41)59-44(66)22-42-50-62-61-33(7)65(50)53-46(30(4)32(6)71-53)47(60-42)35-12-14-39(54)15-13-35/h8-17,19,24,26-29,40-43,48H,18,20-23,25H2,1-7H3,(H,56,67)(H,59,66)/t29-,40?,41?,42+,43+,48+/m1/s1. The number of nitrogens with zero attached hydrogens (tertiary/aromatic N) is 9. The molecule has 15 nitrogen and oxygen atoms in total. The number of amides is 3. The van der Waals surface area contributed by atoms with E-state index in [1.807, 2.05) is 92.5 Å². The molecular weight excluding hydrogens is 954 g/mol. The normalized spacial score (nSPS) is 19.9. The minimum absolute atomic E-state index is 0.0723. The van der Waals surface area contributed by atoms with Crippen LogP contribution in [0.4, 0.5) is 0 Å². The van der Waals surface area contributed by atoms with Crippen molar-refractivity contribution in [3.05, 3.63) is 134 Å². The first-order valence-corrected chi connectivity index (χ1v) is 26.2. The maximum atomic E-state index is 14.5. The number of aromatic nitrogens is 7. The number of carbonyl (C=O) groups excluding carboxylic acids is 3. The van der Waals surface area contributed by atoms with Crippen LogP contribution in [-0.4, -0.2) is 87.6 Å². The molecule has 7 heterocycles. The highest BCUT2D eigenvalue weighted by Crippen LogP contribution is 2.40. The summed E-state index contributed by atoms with van der Waals surface area (Å²) in [5.41, 5.74) is 10.4. The fourth-order valence-corrected chi connectivity index (χ4v) is 12.1. The highest BCUT2D eigenvalue weighted by Gasteiger charge is 2.42. The second-order valence-electron chi connectivity index (χ2n) is 19.4. The zero-order chi connectivity index (χ0) is 49.7. The van der Waals surface area contributed by atoms with Crippen molar-refractivity contribution < 1.29 is 19.1 Å². The van der Waals surface area contributed by atoms with E-state index in [1.54, 1.807) is 44.6 Å². The molecule has 0 bridgehead atoms. The lowest BCUT2D eigenvalue weighted by Gasteiger charge is -2.35. The quantitative estimate of drug-likeness (QED) is 0.108. The number of thiazole rings is 1. The molecule has 1 aliphatic carbocycles. The molecule has 0 spiro atoms. The second-order valence-corrected chi connectivity index (χ2v) is 21.9. The largest absolute Gasteiger partial charge is 0.474 e. The van der Waals surface area contributed by atoms with Crippen LogP contribution in [0, 0.1) is 39.5 Å². The summed E-state index contributed by atoms with van der Waals surface area (Å²) in [5.74, 6) is 1.49. The van der Waals surface area contributed by atoms with E-state index in [-0.39, 0.29) is 48.1 Å². The van der Waals surface area contributed by atoms with Crippen molar-refractivity contribution in [3.63, 3.8) is 0 Å². The molecule has 71 heavy (non-hydrogen) atoms. The van der Waals surface area contributed by atoms with Gasteiger partial charge >= 0.3 is 0 Å². The van der Waals surface area contributed by atoms with Crippen molar-refractivity contribution in [3.8, 4) is 32.4 Å². The van der Waals surface area contributed by atoms with Gasteiger partial charge in [0.1, 0.15) is 35.1 Å². The predicted molar refractivity (Wildman–Crippen MR) is 276 cm³/mol. The Labute approximate surface area is 425 Å². The smallest absolute Gasteiger partial charge is 0.248 e. The van der Waals surface area contributed by atoms with Gasteiger partial charge in [0.25, 0.3) is 0 Å². The molecule has 2 aliphatic heterocycles. The topological polar surface area (TPSA) is 174 Å². The summed E-state index contributed by atoms with van der Waals surface area (Å²) < 4.78 is 10.1. The van der Waals surface area contributed by atoms with Crippen LogP contribution < -0.4 is 15.4 Å². The lowest BCUT2D eigenvalue weighted by Crippen LogP contribution is -2.49. The van der Waals surface area contributed by atoms with Gasteiger partial charge in [-0.25, -0.2) is 9.97 Å². The van der Waals surface area contributed by atoms with E-state index in [2.05, 4.69) is 63.7 Å². The molecule has 18 heteroatoms. The number of hydrogen-bond donors (Lipinski definition) is 2. The summed E-state index contributed by atoms with van der Waals surface area (Å²) in [7, 11) is 0. The van der Waals surface area contributed by atoms with Gasteiger partial charge in [0.2, 0.25) is 23.6 Å². The molecule has 1 saturated carbocycles. The number of pyridine rings is 1. The van der Waals surface area contributed by atoms with Crippen molar-refractivity contribution in [2.45, 2.75) is 111 Å². The van der Waals surface area contributed by atoms with Gasteiger partial charge in [-0.05, 0) is 86.4 Å². The molecular formula is C53H56ClN11O4S2. The number of carbonyl (C=O) groups is 3. The van der Waals surface area contributed by atoms with E-state index < -0.39 is 18.1 Å².